The lowest BCUT2D eigenvalue weighted by atomic mass is 10.0. The van der Waals surface area contributed by atoms with Crippen LogP contribution >= 0.6 is 0 Å². The summed E-state index contributed by atoms with van der Waals surface area (Å²) in [5.41, 5.74) is 7.62. The topological polar surface area (TPSA) is 127 Å². The van der Waals surface area contributed by atoms with Gasteiger partial charge in [0.2, 0.25) is 0 Å². The van der Waals surface area contributed by atoms with Crippen molar-refractivity contribution in [3.05, 3.63) is 64.8 Å². The zero-order chi connectivity index (χ0) is 27.3. The molecule has 0 atom stereocenters. The van der Waals surface area contributed by atoms with Gasteiger partial charge in [-0.15, -0.1) is 0 Å². The maximum atomic E-state index is 13.1. The Morgan fingerprint density at radius 1 is 0.946 bits per heavy atom. The lowest BCUT2D eigenvalue weighted by molar-refractivity contribution is -0.149. The van der Waals surface area contributed by atoms with Gasteiger partial charge in [0.15, 0.2) is 6.61 Å². The van der Waals surface area contributed by atoms with Crippen molar-refractivity contribution in [3.63, 3.8) is 0 Å². The second-order valence-corrected chi connectivity index (χ2v) is 9.09. The SMILES string of the molecule is CCc1c(C(=O)C(N)=O)c2c(OCC(=O)OC(C)C)cc(C(=O)OC(C)C)cc2n1Cc1ccccc1. The number of carbonyl (C=O) groups excluding carboxylic acids is 4. The van der Waals surface area contributed by atoms with Crippen LogP contribution in [-0.4, -0.2) is 47.0 Å². The number of fused-ring (bicyclic) bond motifs is 1. The fraction of sp³-hybridized carbons (Fsp3) is 0.357. The number of ketones is 1. The zero-order valence-electron chi connectivity index (χ0n) is 21.7. The van der Waals surface area contributed by atoms with Crippen molar-refractivity contribution in [2.45, 2.75) is 59.8 Å². The van der Waals surface area contributed by atoms with Gasteiger partial charge in [-0.05, 0) is 51.8 Å². The van der Waals surface area contributed by atoms with Crippen LogP contribution in [-0.2, 0) is 32.0 Å². The average Bonchev–Trinajstić information content (AvgIpc) is 3.14. The van der Waals surface area contributed by atoms with Gasteiger partial charge in [0.1, 0.15) is 5.75 Å². The molecule has 1 amide bonds. The molecule has 0 spiro atoms. The molecule has 3 rings (SSSR count). The number of ether oxygens (including phenoxy) is 3. The molecular formula is C28H32N2O7. The molecule has 9 heteroatoms. The molecule has 0 unspecified atom stereocenters. The summed E-state index contributed by atoms with van der Waals surface area (Å²) in [6.45, 7) is 8.61. The standard InChI is InChI=1S/C28H32N2O7/c1-6-20-25(26(32)27(29)33)24-21(30(20)14-18-10-8-7-9-11-18)12-19(28(34)37-17(4)5)13-22(24)35-15-23(31)36-16(2)3/h7-13,16-17H,6,14-15H2,1-5H3,(H2,29,33). The number of amides is 1. The molecule has 9 nitrogen and oxygen atoms in total. The molecule has 0 bridgehead atoms. The van der Waals surface area contributed by atoms with E-state index in [1.807, 2.05) is 41.8 Å². The minimum absolute atomic E-state index is 0.0695. The molecule has 1 heterocycles. The molecular weight excluding hydrogens is 476 g/mol. The number of hydrogen-bond donors (Lipinski definition) is 1. The third-order valence-electron chi connectivity index (χ3n) is 5.50. The molecule has 2 N–H and O–H groups in total. The first kappa shape index (κ1) is 27.4. The molecule has 1 aromatic heterocycles. The molecule has 0 aliphatic carbocycles. The first-order valence-electron chi connectivity index (χ1n) is 12.1. The quantitative estimate of drug-likeness (QED) is 0.237. The molecule has 0 radical (unpaired) electrons. The van der Waals surface area contributed by atoms with Gasteiger partial charge in [-0.25, -0.2) is 9.59 Å². The van der Waals surface area contributed by atoms with Gasteiger partial charge in [-0.3, -0.25) is 9.59 Å². The summed E-state index contributed by atoms with van der Waals surface area (Å²) in [6.07, 6.45) is -0.340. The van der Waals surface area contributed by atoms with Crippen LogP contribution in [0.3, 0.4) is 0 Å². The van der Waals surface area contributed by atoms with Crippen molar-refractivity contribution in [3.8, 4) is 5.75 Å². The number of nitrogens with two attached hydrogens (primary N) is 1. The second kappa shape index (κ2) is 11.7. The number of Topliss-reactive ketones (excluding diaryl/α,β-unsaturated/α-hetero) is 1. The Morgan fingerprint density at radius 2 is 1.59 bits per heavy atom. The Balaban J connectivity index is 2.31. The number of benzene rings is 2. The summed E-state index contributed by atoms with van der Waals surface area (Å²) in [5.74, 6) is -3.16. The smallest absolute Gasteiger partial charge is 0.344 e. The third kappa shape index (κ3) is 6.35. The zero-order valence-corrected chi connectivity index (χ0v) is 21.7. The van der Waals surface area contributed by atoms with Gasteiger partial charge in [-0.1, -0.05) is 37.3 Å². The molecule has 0 fully saturated rings. The predicted octanol–water partition coefficient (Wildman–Crippen LogP) is 3.82. The molecule has 196 valence electrons. The van der Waals surface area contributed by atoms with Crippen molar-refractivity contribution < 1.29 is 33.4 Å². The predicted molar refractivity (Wildman–Crippen MR) is 138 cm³/mol. The summed E-state index contributed by atoms with van der Waals surface area (Å²) in [5, 5.41) is 0.287. The number of aromatic nitrogens is 1. The summed E-state index contributed by atoms with van der Waals surface area (Å²) < 4.78 is 18.2. The summed E-state index contributed by atoms with van der Waals surface area (Å²) >= 11 is 0. The monoisotopic (exact) mass is 508 g/mol. The molecule has 3 aromatic rings. The van der Waals surface area contributed by atoms with Gasteiger partial charge < -0.3 is 24.5 Å². The number of primary amides is 1. The number of rotatable bonds is 11. The summed E-state index contributed by atoms with van der Waals surface area (Å²) in [4.78, 5) is 50.3. The second-order valence-electron chi connectivity index (χ2n) is 9.09. The fourth-order valence-corrected chi connectivity index (χ4v) is 4.12. The number of esters is 2. The Hall–Kier alpha value is -4.14. The highest BCUT2D eigenvalue weighted by Gasteiger charge is 2.29. The fourth-order valence-electron chi connectivity index (χ4n) is 4.12. The van der Waals surface area contributed by atoms with Crippen molar-refractivity contribution in [1.82, 2.24) is 4.57 Å². The van der Waals surface area contributed by atoms with E-state index in [9.17, 15) is 19.2 Å². The minimum atomic E-state index is -1.12. The van der Waals surface area contributed by atoms with Gasteiger partial charge in [0, 0.05) is 12.2 Å². The lowest BCUT2D eigenvalue weighted by Gasteiger charge is -2.14. The van der Waals surface area contributed by atoms with E-state index in [1.54, 1.807) is 33.8 Å². The van der Waals surface area contributed by atoms with Crippen molar-refractivity contribution in [2.75, 3.05) is 6.61 Å². The van der Waals surface area contributed by atoms with E-state index in [0.717, 1.165) is 5.56 Å². The van der Waals surface area contributed by atoms with Crippen LogP contribution in [0.25, 0.3) is 10.9 Å². The van der Waals surface area contributed by atoms with Gasteiger partial charge in [0.05, 0.1) is 34.2 Å². The van der Waals surface area contributed by atoms with E-state index >= 15 is 0 Å². The highest BCUT2D eigenvalue weighted by atomic mass is 16.6. The molecule has 0 aliphatic heterocycles. The molecule has 0 aliphatic rings. The van der Waals surface area contributed by atoms with Crippen molar-refractivity contribution in [2.24, 2.45) is 5.73 Å². The van der Waals surface area contributed by atoms with E-state index in [1.165, 1.54) is 6.07 Å². The van der Waals surface area contributed by atoms with Gasteiger partial charge in [0.25, 0.3) is 11.7 Å². The van der Waals surface area contributed by atoms with Crippen LogP contribution in [0.2, 0.25) is 0 Å². The number of nitrogens with zero attached hydrogens (tertiary/aromatic N) is 1. The van der Waals surface area contributed by atoms with E-state index in [2.05, 4.69) is 0 Å². The van der Waals surface area contributed by atoms with Crippen LogP contribution in [0, 0.1) is 0 Å². The first-order chi connectivity index (χ1) is 17.5. The molecule has 2 aromatic carbocycles. The Kier molecular flexibility index (Phi) is 8.70. The largest absolute Gasteiger partial charge is 0.481 e. The maximum Gasteiger partial charge on any atom is 0.344 e. The van der Waals surface area contributed by atoms with Crippen LogP contribution in [0.5, 0.6) is 5.75 Å². The average molecular weight is 509 g/mol. The summed E-state index contributed by atoms with van der Waals surface area (Å²) in [6, 6.07) is 12.5. The number of hydrogen-bond acceptors (Lipinski definition) is 7. The first-order valence-corrected chi connectivity index (χ1v) is 12.1. The maximum absolute atomic E-state index is 13.1. The summed E-state index contributed by atoms with van der Waals surface area (Å²) in [7, 11) is 0. The lowest BCUT2D eigenvalue weighted by Crippen LogP contribution is -2.24. The Bertz CT molecular complexity index is 1320. The molecule has 0 saturated heterocycles. The van der Waals surface area contributed by atoms with E-state index in [-0.39, 0.29) is 34.5 Å². The highest BCUT2D eigenvalue weighted by Crippen LogP contribution is 2.37. The van der Waals surface area contributed by atoms with Gasteiger partial charge >= 0.3 is 11.9 Å². The van der Waals surface area contributed by atoms with Crippen molar-refractivity contribution in [1.29, 1.82) is 0 Å². The van der Waals surface area contributed by atoms with E-state index in [4.69, 9.17) is 19.9 Å². The van der Waals surface area contributed by atoms with Crippen LogP contribution in [0.1, 0.15) is 66.6 Å². The molecule has 0 saturated carbocycles. The minimum Gasteiger partial charge on any atom is -0.481 e. The van der Waals surface area contributed by atoms with Gasteiger partial charge in [-0.2, -0.15) is 0 Å². The van der Waals surface area contributed by atoms with E-state index < -0.39 is 30.2 Å². The normalized spacial score (nSPS) is 11.1. The van der Waals surface area contributed by atoms with Crippen LogP contribution in [0.15, 0.2) is 42.5 Å². The highest BCUT2D eigenvalue weighted by molar-refractivity contribution is 6.45. The number of carbonyl (C=O) groups is 4. The third-order valence-corrected chi connectivity index (χ3v) is 5.50. The Morgan fingerprint density at radius 3 is 2.16 bits per heavy atom. The Labute approximate surface area is 215 Å². The van der Waals surface area contributed by atoms with Crippen molar-refractivity contribution >= 4 is 34.5 Å². The molecule has 37 heavy (non-hydrogen) atoms. The van der Waals surface area contributed by atoms with Crippen LogP contribution < -0.4 is 10.5 Å². The van der Waals surface area contributed by atoms with Crippen LogP contribution in [0.4, 0.5) is 0 Å². The van der Waals surface area contributed by atoms with E-state index in [0.29, 0.717) is 24.2 Å².